The summed E-state index contributed by atoms with van der Waals surface area (Å²) in [5.41, 5.74) is 3.61. The van der Waals surface area contributed by atoms with Gasteiger partial charge in [0.2, 0.25) is 5.91 Å². The third kappa shape index (κ3) is 4.73. The number of likely N-dealkylation sites (tertiary alicyclic amines) is 1. The summed E-state index contributed by atoms with van der Waals surface area (Å²) in [5, 5.41) is 8.28. The van der Waals surface area contributed by atoms with Crippen LogP contribution in [0.15, 0.2) is 36.4 Å². The first-order valence-corrected chi connectivity index (χ1v) is 9.57. The van der Waals surface area contributed by atoms with E-state index in [4.69, 9.17) is 0 Å². The highest BCUT2D eigenvalue weighted by molar-refractivity contribution is 5.73. The van der Waals surface area contributed by atoms with Crippen molar-refractivity contribution in [3.05, 3.63) is 53.3 Å². The molecule has 1 aromatic heterocycles. The van der Waals surface area contributed by atoms with E-state index in [-0.39, 0.29) is 5.91 Å². The van der Waals surface area contributed by atoms with Gasteiger partial charge in [0.15, 0.2) is 0 Å². The van der Waals surface area contributed by atoms with E-state index in [0.29, 0.717) is 12.0 Å². The SMILES string of the molecule is CC(=O)N1CC[C@H](NCCn2nc(C)cc2C)[C@H](Cc2ccccc2)C1. The zero-order valence-corrected chi connectivity index (χ0v) is 16.1. The normalized spacial score (nSPS) is 20.3. The predicted molar refractivity (Wildman–Crippen MR) is 104 cm³/mol. The van der Waals surface area contributed by atoms with Gasteiger partial charge in [0, 0.05) is 38.3 Å². The zero-order valence-electron chi connectivity index (χ0n) is 16.1. The molecule has 26 heavy (non-hydrogen) atoms. The Labute approximate surface area is 156 Å². The van der Waals surface area contributed by atoms with Crippen molar-refractivity contribution < 1.29 is 4.79 Å². The van der Waals surface area contributed by atoms with E-state index in [9.17, 15) is 4.79 Å². The van der Waals surface area contributed by atoms with Gasteiger partial charge < -0.3 is 10.2 Å². The van der Waals surface area contributed by atoms with Crippen LogP contribution in [0.25, 0.3) is 0 Å². The van der Waals surface area contributed by atoms with Crippen molar-refractivity contribution in [2.45, 2.75) is 46.2 Å². The molecule has 1 fully saturated rings. The number of aryl methyl sites for hydroxylation is 2. The van der Waals surface area contributed by atoms with Gasteiger partial charge in [-0.2, -0.15) is 5.10 Å². The molecule has 1 aromatic carbocycles. The van der Waals surface area contributed by atoms with E-state index in [2.05, 4.69) is 58.4 Å². The summed E-state index contributed by atoms with van der Waals surface area (Å²) in [6.07, 6.45) is 2.01. The van der Waals surface area contributed by atoms with Gasteiger partial charge in [0.05, 0.1) is 12.2 Å². The Kier molecular flexibility index (Phi) is 6.09. The fourth-order valence-electron chi connectivity index (χ4n) is 3.97. The highest BCUT2D eigenvalue weighted by Crippen LogP contribution is 2.22. The molecule has 2 heterocycles. The maximum absolute atomic E-state index is 11.8. The number of rotatable bonds is 6. The number of benzene rings is 1. The first-order chi connectivity index (χ1) is 12.5. The molecule has 0 saturated carbocycles. The van der Waals surface area contributed by atoms with E-state index in [0.717, 1.165) is 44.7 Å². The van der Waals surface area contributed by atoms with Crippen LogP contribution >= 0.6 is 0 Å². The third-order valence-corrected chi connectivity index (χ3v) is 5.35. The number of hydrogen-bond donors (Lipinski definition) is 1. The summed E-state index contributed by atoms with van der Waals surface area (Å²) < 4.78 is 2.07. The Morgan fingerprint density at radius 1 is 1.27 bits per heavy atom. The quantitative estimate of drug-likeness (QED) is 0.867. The van der Waals surface area contributed by atoms with Gasteiger partial charge in [-0.25, -0.2) is 0 Å². The Hall–Kier alpha value is -2.14. The molecule has 1 amide bonds. The standard InChI is InChI=1S/C21H30N4O/c1-16-13-17(2)25(23-16)12-10-22-21-9-11-24(18(3)26)15-20(21)14-19-7-5-4-6-8-19/h4-8,13,20-22H,9-12,14-15H2,1-3H3/t20-,21+/m1/s1. The molecule has 0 spiro atoms. The van der Waals surface area contributed by atoms with Gasteiger partial charge in [-0.1, -0.05) is 30.3 Å². The average molecular weight is 354 g/mol. The number of aromatic nitrogens is 2. The van der Waals surface area contributed by atoms with Gasteiger partial charge in [-0.05, 0) is 44.2 Å². The lowest BCUT2D eigenvalue weighted by atomic mass is 9.86. The Balaban J connectivity index is 1.61. The predicted octanol–water partition coefficient (Wildman–Crippen LogP) is 2.57. The Bertz CT molecular complexity index is 725. The monoisotopic (exact) mass is 354 g/mol. The summed E-state index contributed by atoms with van der Waals surface area (Å²) in [6, 6.07) is 13.1. The summed E-state index contributed by atoms with van der Waals surface area (Å²) in [6.45, 7) is 9.27. The van der Waals surface area contributed by atoms with E-state index in [1.165, 1.54) is 11.3 Å². The van der Waals surface area contributed by atoms with Crippen LogP contribution in [0.1, 0.15) is 30.3 Å². The van der Waals surface area contributed by atoms with Crippen LogP contribution in [0.5, 0.6) is 0 Å². The summed E-state index contributed by atoms with van der Waals surface area (Å²) in [7, 11) is 0. The summed E-state index contributed by atoms with van der Waals surface area (Å²) in [5.74, 6) is 0.625. The lowest BCUT2D eigenvalue weighted by molar-refractivity contribution is -0.131. The first-order valence-electron chi connectivity index (χ1n) is 9.57. The van der Waals surface area contributed by atoms with Crippen LogP contribution in [-0.4, -0.2) is 46.3 Å². The van der Waals surface area contributed by atoms with Crippen LogP contribution in [0.4, 0.5) is 0 Å². The van der Waals surface area contributed by atoms with Crippen LogP contribution in [0.2, 0.25) is 0 Å². The number of piperidine rings is 1. The molecule has 2 aromatic rings. The molecular formula is C21H30N4O. The van der Waals surface area contributed by atoms with Gasteiger partial charge >= 0.3 is 0 Å². The first kappa shape index (κ1) is 18.6. The Morgan fingerprint density at radius 3 is 2.69 bits per heavy atom. The van der Waals surface area contributed by atoms with Gasteiger partial charge in [-0.3, -0.25) is 9.48 Å². The fraction of sp³-hybridized carbons (Fsp3) is 0.524. The molecule has 2 atom stereocenters. The molecule has 0 aliphatic carbocycles. The molecule has 140 valence electrons. The summed E-state index contributed by atoms with van der Waals surface area (Å²) in [4.78, 5) is 13.8. The van der Waals surface area contributed by atoms with Crippen molar-refractivity contribution in [1.29, 1.82) is 0 Å². The second-order valence-corrected chi connectivity index (χ2v) is 7.41. The summed E-state index contributed by atoms with van der Waals surface area (Å²) >= 11 is 0. The van der Waals surface area contributed by atoms with E-state index >= 15 is 0 Å². The molecule has 5 heteroatoms. The molecule has 0 bridgehead atoms. The zero-order chi connectivity index (χ0) is 18.5. The number of carbonyl (C=O) groups is 1. The van der Waals surface area contributed by atoms with Crippen molar-refractivity contribution in [3.8, 4) is 0 Å². The lowest BCUT2D eigenvalue weighted by Gasteiger charge is -2.39. The molecule has 5 nitrogen and oxygen atoms in total. The lowest BCUT2D eigenvalue weighted by Crippen LogP contribution is -2.51. The van der Waals surface area contributed by atoms with Gasteiger partial charge in [-0.15, -0.1) is 0 Å². The van der Waals surface area contributed by atoms with Crippen molar-refractivity contribution in [2.24, 2.45) is 5.92 Å². The van der Waals surface area contributed by atoms with Crippen molar-refractivity contribution in [2.75, 3.05) is 19.6 Å². The minimum Gasteiger partial charge on any atom is -0.343 e. The van der Waals surface area contributed by atoms with Gasteiger partial charge in [0.1, 0.15) is 0 Å². The molecule has 1 aliphatic rings. The van der Waals surface area contributed by atoms with E-state index in [1.54, 1.807) is 6.92 Å². The smallest absolute Gasteiger partial charge is 0.219 e. The Morgan fingerprint density at radius 2 is 2.04 bits per heavy atom. The molecule has 1 N–H and O–H groups in total. The molecule has 0 unspecified atom stereocenters. The number of nitrogens with zero attached hydrogens (tertiary/aromatic N) is 3. The highest BCUT2D eigenvalue weighted by Gasteiger charge is 2.30. The van der Waals surface area contributed by atoms with Gasteiger partial charge in [0.25, 0.3) is 0 Å². The maximum Gasteiger partial charge on any atom is 0.219 e. The van der Waals surface area contributed by atoms with Crippen LogP contribution in [-0.2, 0) is 17.8 Å². The number of nitrogens with one attached hydrogen (secondary N) is 1. The second kappa shape index (κ2) is 8.49. The van der Waals surface area contributed by atoms with Crippen molar-refractivity contribution in [1.82, 2.24) is 20.0 Å². The second-order valence-electron chi connectivity index (χ2n) is 7.41. The fourth-order valence-corrected chi connectivity index (χ4v) is 3.97. The van der Waals surface area contributed by atoms with Crippen molar-refractivity contribution >= 4 is 5.91 Å². The minimum atomic E-state index is 0.184. The number of hydrogen-bond acceptors (Lipinski definition) is 3. The largest absolute Gasteiger partial charge is 0.343 e. The molecular weight excluding hydrogens is 324 g/mol. The van der Waals surface area contributed by atoms with Crippen LogP contribution < -0.4 is 5.32 Å². The minimum absolute atomic E-state index is 0.184. The third-order valence-electron chi connectivity index (χ3n) is 5.35. The molecule has 1 saturated heterocycles. The molecule has 0 radical (unpaired) electrons. The maximum atomic E-state index is 11.8. The van der Waals surface area contributed by atoms with E-state index < -0.39 is 0 Å². The average Bonchev–Trinajstić information content (AvgIpc) is 2.94. The molecule has 1 aliphatic heterocycles. The number of carbonyl (C=O) groups excluding carboxylic acids is 1. The highest BCUT2D eigenvalue weighted by atomic mass is 16.2. The van der Waals surface area contributed by atoms with E-state index in [1.807, 2.05) is 11.8 Å². The van der Waals surface area contributed by atoms with Crippen LogP contribution in [0, 0.1) is 19.8 Å². The molecule has 3 rings (SSSR count). The van der Waals surface area contributed by atoms with Crippen molar-refractivity contribution in [3.63, 3.8) is 0 Å². The van der Waals surface area contributed by atoms with Crippen LogP contribution in [0.3, 0.4) is 0 Å². The topological polar surface area (TPSA) is 50.2 Å². The number of amides is 1.